The number of hydrogen-bond acceptors (Lipinski definition) is 4. The summed E-state index contributed by atoms with van der Waals surface area (Å²) in [5, 5.41) is 10.8. The first-order chi connectivity index (χ1) is 10.6. The molecule has 22 heavy (non-hydrogen) atoms. The number of rotatable bonds is 6. The first-order valence-electron chi connectivity index (χ1n) is 7.22. The molecule has 1 amide bonds. The normalized spacial score (nSPS) is 11.1. The molecule has 0 atom stereocenters. The molecule has 0 aliphatic heterocycles. The second-order valence-electron chi connectivity index (χ2n) is 5.03. The van der Waals surface area contributed by atoms with Gasteiger partial charge in [0.1, 0.15) is 5.75 Å². The van der Waals surface area contributed by atoms with Gasteiger partial charge in [-0.2, -0.15) is 10.2 Å². The molecular formula is C16H20N4O2. The van der Waals surface area contributed by atoms with Crippen LogP contribution in [0.15, 0.2) is 35.4 Å². The molecule has 0 fully saturated rings. The van der Waals surface area contributed by atoms with Crippen LogP contribution in [0.3, 0.4) is 0 Å². The average Bonchev–Trinajstić information content (AvgIpc) is 2.99. The van der Waals surface area contributed by atoms with Crippen LogP contribution in [0.2, 0.25) is 0 Å². The summed E-state index contributed by atoms with van der Waals surface area (Å²) >= 11 is 0. The highest BCUT2D eigenvalue weighted by molar-refractivity contribution is 5.93. The van der Waals surface area contributed by atoms with Crippen LogP contribution in [0.1, 0.15) is 48.4 Å². The van der Waals surface area contributed by atoms with Gasteiger partial charge >= 0.3 is 0 Å². The van der Waals surface area contributed by atoms with Crippen molar-refractivity contribution in [1.29, 1.82) is 0 Å². The van der Waals surface area contributed by atoms with Crippen molar-refractivity contribution >= 4 is 12.1 Å². The Labute approximate surface area is 129 Å². The molecule has 0 aliphatic rings. The van der Waals surface area contributed by atoms with E-state index in [1.807, 2.05) is 45.0 Å². The molecule has 1 aromatic heterocycles. The van der Waals surface area contributed by atoms with Crippen molar-refractivity contribution < 1.29 is 9.53 Å². The number of aromatic amines is 1. The van der Waals surface area contributed by atoms with Gasteiger partial charge in [0.2, 0.25) is 0 Å². The molecule has 0 aliphatic carbocycles. The van der Waals surface area contributed by atoms with Crippen LogP contribution in [0.25, 0.3) is 0 Å². The fourth-order valence-corrected chi connectivity index (χ4v) is 1.84. The zero-order chi connectivity index (χ0) is 15.9. The minimum Gasteiger partial charge on any atom is -0.493 e. The van der Waals surface area contributed by atoms with Gasteiger partial charge in [0.25, 0.3) is 5.91 Å². The highest BCUT2D eigenvalue weighted by atomic mass is 16.5. The molecule has 116 valence electrons. The van der Waals surface area contributed by atoms with Crippen LogP contribution in [0.4, 0.5) is 0 Å². The Balaban J connectivity index is 2.01. The van der Waals surface area contributed by atoms with Crippen molar-refractivity contribution in [3.63, 3.8) is 0 Å². The van der Waals surface area contributed by atoms with E-state index < -0.39 is 0 Å². The molecule has 2 N–H and O–H groups in total. The summed E-state index contributed by atoms with van der Waals surface area (Å²) < 4.78 is 5.49. The molecule has 0 spiro atoms. The second-order valence-corrected chi connectivity index (χ2v) is 5.03. The maximum absolute atomic E-state index is 11.9. The Bertz CT molecular complexity index is 662. The maximum atomic E-state index is 11.9. The lowest BCUT2D eigenvalue weighted by molar-refractivity contribution is 0.0950. The topological polar surface area (TPSA) is 79.4 Å². The number of carbonyl (C=O) groups excluding carboxylic acids is 1. The van der Waals surface area contributed by atoms with Gasteiger partial charge in [-0.3, -0.25) is 9.89 Å². The minimum absolute atomic E-state index is 0.288. The molecule has 0 bridgehead atoms. The van der Waals surface area contributed by atoms with Gasteiger partial charge < -0.3 is 4.74 Å². The molecule has 0 saturated heterocycles. The number of aromatic nitrogens is 2. The van der Waals surface area contributed by atoms with E-state index in [0.29, 0.717) is 12.3 Å². The highest BCUT2D eigenvalue weighted by Crippen LogP contribution is 2.15. The summed E-state index contributed by atoms with van der Waals surface area (Å²) in [6.07, 6.45) is 1.55. The zero-order valence-electron chi connectivity index (χ0n) is 13.0. The molecule has 6 nitrogen and oxygen atoms in total. The highest BCUT2D eigenvalue weighted by Gasteiger charge is 2.11. The van der Waals surface area contributed by atoms with Crippen molar-refractivity contribution in [1.82, 2.24) is 15.6 Å². The van der Waals surface area contributed by atoms with Gasteiger partial charge in [-0.15, -0.1) is 0 Å². The third-order valence-corrected chi connectivity index (χ3v) is 3.04. The lowest BCUT2D eigenvalue weighted by Crippen LogP contribution is -2.18. The van der Waals surface area contributed by atoms with E-state index in [2.05, 4.69) is 20.7 Å². The number of hydrogen-bond donors (Lipinski definition) is 2. The van der Waals surface area contributed by atoms with E-state index in [-0.39, 0.29) is 11.8 Å². The van der Waals surface area contributed by atoms with Gasteiger partial charge in [-0.25, -0.2) is 5.43 Å². The van der Waals surface area contributed by atoms with Crippen LogP contribution < -0.4 is 10.2 Å². The third kappa shape index (κ3) is 3.94. The van der Waals surface area contributed by atoms with Crippen molar-refractivity contribution in [3.05, 3.63) is 47.3 Å². The van der Waals surface area contributed by atoms with E-state index >= 15 is 0 Å². The van der Waals surface area contributed by atoms with Crippen LogP contribution in [-0.4, -0.2) is 28.9 Å². The number of carbonyl (C=O) groups is 1. The van der Waals surface area contributed by atoms with Gasteiger partial charge in [0.15, 0.2) is 5.69 Å². The van der Waals surface area contributed by atoms with Crippen molar-refractivity contribution in [3.8, 4) is 5.75 Å². The molecule has 1 heterocycles. The van der Waals surface area contributed by atoms with Gasteiger partial charge in [-0.05, 0) is 31.0 Å². The molecular weight excluding hydrogens is 280 g/mol. The van der Waals surface area contributed by atoms with E-state index in [9.17, 15) is 4.79 Å². The summed E-state index contributed by atoms with van der Waals surface area (Å²) in [5.41, 5.74) is 4.49. The smallest absolute Gasteiger partial charge is 0.291 e. The lowest BCUT2D eigenvalue weighted by Gasteiger charge is -2.05. The van der Waals surface area contributed by atoms with Gasteiger partial charge in [-0.1, -0.05) is 26.0 Å². The largest absolute Gasteiger partial charge is 0.493 e. The van der Waals surface area contributed by atoms with Crippen LogP contribution in [0, 0.1) is 0 Å². The number of ether oxygens (including phenoxy) is 1. The number of hydrazone groups is 1. The number of benzene rings is 1. The van der Waals surface area contributed by atoms with E-state index in [4.69, 9.17) is 4.74 Å². The first-order valence-corrected chi connectivity index (χ1v) is 7.22. The Morgan fingerprint density at radius 3 is 2.91 bits per heavy atom. The fourth-order valence-electron chi connectivity index (χ4n) is 1.84. The molecule has 1 aromatic carbocycles. The summed E-state index contributed by atoms with van der Waals surface area (Å²) in [5.74, 6) is 0.661. The fraction of sp³-hybridized carbons (Fsp3) is 0.312. The number of nitrogens with zero attached hydrogens (tertiary/aromatic N) is 2. The standard InChI is InChI=1S/C16H20N4O2/c1-4-22-15-8-6-5-7-12(15)10-17-20-16(21)14-9-13(11(2)3)18-19-14/h5-11H,4H2,1-3H3,(H,18,19)(H,20,21)/b17-10+. The summed E-state index contributed by atoms with van der Waals surface area (Å²) in [6, 6.07) is 9.22. The number of nitrogens with one attached hydrogen (secondary N) is 2. The molecule has 0 radical (unpaired) electrons. The van der Waals surface area contributed by atoms with Crippen LogP contribution >= 0.6 is 0 Å². The average molecular weight is 300 g/mol. The molecule has 0 unspecified atom stereocenters. The Hall–Kier alpha value is -2.63. The van der Waals surface area contributed by atoms with Crippen LogP contribution in [-0.2, 0) is 0 Å². The van der Waals surface area contributed by atoms with Gasteiger partial charge in [0.05, 0.1) is 12.8 Å². The lowest BCUT2D eigenvalue weighted by atomic mass is 10.1. The van der Waals surface area contributed by atoms with E-state index in [1.165, 1.54) is 0 Å². The Morgan fingerprint density at radius 1 is 1.45 bits per heavy atom. The Kier molecular flexibility index (Phi) is 5.30. The summed E-state index contributed by atoms with van der Waals surface area (Å²) in [7, 11) is 0. The summed E-state index contributed by atoms with van der Waals surface area (Å²) in [4.78, 5) is 11.9. The zero-order valence-corrected chi connectivity index (χ0v) is 13.0. The number of para-hydroxylation sites is 1. The maximum Gasteiger partial charge on any atom is 0.291 e. The molecule has 0 saturated carbocycles. The van der Waals surface area contributed by atoms with E-state index in [0.717, 1.165) is 17.0 Å². The Morgan fingerprint density at radius 2 is 2.23 bits per heavy atom. The number of H-pyrrole nitrogens is 1. The predicted octanol–water partition coefficient (Wildman–Crippen LogP) is 2.70. The van der Waals surface area contributed by atoms with Crippen molar-refractivity contribution in [2.75, 3.05) is 6.61 Å². The minimum atomic E-state index is -0.353. The molecule has 2 aromatic rings. The van der Waals surface area contributed by atoms with Gasteiger partial charge in [0, 0.05) is 11.3 Å². The summed E-state index contributed by atoms with van der Waals surface area (Å²) in [6.45, 7) is 6.54. The third-order valence-electron chi connectivity index (χ3n) is 3.04. The first kappa shape index (κ1) is 15.8. The SMILES string of the molecule is CCOc1ccccc1/C=N/NC(=O)c1cc(C(C)C)[nH]n1. The van der Waals surface area contributed by atoms with Crippen molar-refractivity contribution in [2.24, 2.45) is 5.10 Å². The molecule has 2 rings (SSSR count). The number of amides is 1. The van der Waals surface area contributed by atoms with Crippen molar-refractivity contribution in [2.45, 2.75) is 26.7 Å². The molecule has 6 heteroatoms. The second kappa shape index (κ2) is 7.40. The van der Waals surface area contributed by atoms with E-state index in [1.54, 1.807) is 12.3 Å². The van der Waals surface area contributed by atoms with Crippen LogP contribution in [0.5, 0.6) is 5.75 Å². The monoisotopic (exact) mass is 300 g/mol. The quantitative estimate of drug-likeness (QED) is 0.636. The predicted molar refractivity (Wildman–Crippen MR) is 85.3 cm³/mol.